The second-order valence-electron chi connectivity index (χ2n) is 5.67. The minimum Gasteiger partial charge on any atom is -0.445 e. The zero-order valence-electron chi connectivity index (χ0n) is 12.9. The van der Waals surface area contributed by atoms with Gasteiger partial charge in [0.25, 0.3) is 0 Å². The fourth-order valence-electron chi connectivity index (χ4n) is 2.79. The van der Waals surface area contributed by atoms with Crippen molar-refractivity contribution in [3.63, 3.8) is 0 Å². The Morgan fingerprint density at radius 1 is 1.09 bits per heavy atom. The van der Waals surface area contributed by atoms with Crippen LogP contribution in [0.5, 0.6) is 0 Å². The van der Waals surface area contributed by atoms with Crippen molar-refractivity contribution in [1.82, 2.24) is 4.90 Å². The molecule has 3 heteroatoms. The highest BCUT2D eigenvalue weighted by Crippen LogP contribution is 2.21. The molecule has 0 atom stereocenters. The normalized spacial score (nSPS) is 13.6. The van der Waals surface area contributed by atoms with Crippen LogP contribution in [-0.4, -0.2) is 17.5 Å². The molecule has 0 aliphatic carbocycles. The zero-order valence-corrected chi connectivity index (χ0v) is 12.9. The summed E-state index contributed by atoms with van der Waals surface area (Å²) in [6, 6.07) is 16.3. The maximum atomic E-state index is 12.2. The van der Waals surface area contributed by atoms with Gasteiger partial charge in [-0.15, -0.1) is 0 Å². The first kappa shape index (κ1) is 14.6. The molecular weight excluding hydrogens is 274 g/mol. The number of hydrogen-bond donors (Lipinski definition) is 0. The Morgan fingerprint density at radius 3 is 2.68 bits per heavy atom. The molecule has 1 heterocycles. The lowest BCUT2D eigenvalue weighted by molar-refractivity contribution is 0.0918. The summed E-state index contributed by atoms with van der Waals surface area (Å²) in [5.74, 6) is 0. The number of carbonyl (C=O) groups is 1. The molecule has 2 aromatic carbocycles. The lowest BCUT2D eigenvalue weighted by atomic mass is 9.97. The molecule has 3 nitrogen and oxygen atoms in total. The quantitative estimate of drug-likeness (QED) is 0.858. The SMILES string of the molecule is CCc1ccc2c(c1)CCN(C(=O)OCc1ccccc1)C2. The molecule has 22 heavy (non-hydrogen) atoms. The van der Waals surface area contributed by atoms with Gasteiger partial charge in [0.05, 0.1) is 0 Å². The van der Waals surface area contributed by atoms with E-state index in [2.05, 4.69) is 25.1 Å². The van der Waals surface area contributed by atoms with Crippen LogP contribution in [0.15, 0.2) is 48.5 Å². The summed E-state index contributed by atoms with van der Waals surface area (Å²) in [4.78, 5) is 14.0. The van der Waals surface area contributed by atoms with Gasteiger partial charge in [-0.05, 0) is 35.1 Å². The highest BCUT2D eigenvalue weighted by atomic mass is 16.6. The smallest absolute Gasteiger partial charge is 0.410 e. The van der Waals surface area contributed by atoms with E-state index in [1.54, 1.807) is 4.90 Å². The monoisotopic (exact) mass is 295 g/mol. The number of fused-ring (bicyclic) bond motifs is 1. The molecule has 1 aliphatic rings. The van der Waals surface area contributed by atoms with Crippen LogP contribution >= 0.6 is 0 Å². The first-order valence-corrected chi connectivity index (χ1v) is 7.82. The maximum absolute atomic E-state index is 12.2. The Bertz CT molecular complexity index is 652. The Labute approximate surface area is 131 Å². The van der Waals surface area contributed by atoms with Crippen LogP contribution in [0.1, 0.15) is 29.2 Å². The van der Waals surface area contributed by atoms with Crippen molar-refractivity contribution in [3.8, 4) is 0 Å². The molecule has 0 spiro atoms. The van der Waals surface area contributed by atoms with Crippen LogP contribution in [0.25, 0.3) is 0 Å². The van der Waals surface area contributed by atoms with Crippen molar-refractivity contribution < 1.29 is 9.53 Å². The molecule has 0 bridgehead atoms. The molecule has 0 radical (unpaired) electrons. The van der Waals surface area contributed by atoms with Gasteiger partial charge in [0.2, 0.25) is 0 Å². The Kier molecular flexibility index (Phi) is 4.42. The third-order valence-corrected chi connectivity index (χ3v) is 4.15. The molecule has 1 aliphatic heterocycles. The lowest BCUT2D eigenvalue weighted by Crippen LogP contribution is -2.36. The Balaban J connectivity index is 1.60. The average molecular weight is 295 g/mol. The van der Waals surface area contributed by atoms with Gasteiger partial charge >= 0.3 is 6.09 Å². The predicted molar refractivity (Wildman–Crippen MR) is 86.6 cm³/mol. The van der Waals surface area contributed by atoms with Gasteiger partial charge in [-0.2, -0.15) is 0 Å². The van der Waals surface area contributed by atoms with Crippen LogP contribution in [-0.2, 0) is 30.7 Å². The van der Waals surface area contributed by atoms with E-state index in [-0.39, 0.29) is 6.09 Å². The van der Waals surface area contributed by atoms with Gasteiger partial charge < -0.3 is 9.64 Å². The van der Waals surface area contributed by atoms with Crippen molar-refractivity contribution in [2.45, 2.75) is 32.9 Å². The minimum atomic E-state index is -0.228. The third kappa shape index (κ3) is 3.30. The van der Waals surface area contributed by atoms with Gasteiger partial charge in [-0.25, -0.2) is 4.79 Å². The summed E-state index contributed by atoms with van der Waals surface area (Å²) in [6.45, 7) is 3.87. The number of hydrogen-bond acceptors (Lipinski definition) is 2. The Hall–Kier alpha value is -2.29. The van der Waals surface area contributed by atoms with Crippen LogP contribution in [0, 0.1) is 0 Å². The fraction of sp³-hybridized carbons (Fsp3) is 0.316. The molecule has 0 aromatic heterocycles. The van der Waals surface area contributed by atoms with Gasteiger partial charge in [0.1, 0.15) is 6.61 Å². The number of ether oxygens (including phenoxy) is 1. The van der Waals surface area contributed by atoms with Crippen LogP contribution in [0.2, 0.25) is 0 Å². The number of amides is 1. The van der Waals surface area contributed by atoms with Crippen molar-refractivity contribution in [2.75, 3.05) is 6.54 Å². The third-order valence-electron chi connectivity index (χ3n) is 4.15. The predicted octanol–water partition coefficient (Wildman–Crippen LogP) is 3.94. The molecule has 0 fully saturated rings. The average Bonchev–Trinajstić information content (AvgIpc) is 2.59. The van der Waals surface area contributed by atoms with Crippen LogP contribution < -0.4 is 0 Å². The second kappa shape index (κ2) is 6.65. The van der Waals surface area contributed by atoms with E-state index in [1.165, 1.54) is 16.7 Å². The van der Waals surface area contributed by atoms with Gasteiger partial charge in [-0.3, -0.25) is 0 Å². The van der Waals surface area contributed by atoms with E-state index < -0.39 is 0 Å². The maximum Gasteiger partial charge on any atom is 0.410 e. The van der Waals surface area contributed by atoms with Crippen molar-refractivity contribution in [3.05, 3.63) is 70.8 Å². The van der Waals surface area contributed by atoms with Gasteiger partial charge in [-0.1, -0.05) is 55.5 Å². The summed E-state index contributed by atoms with van der Waals surface area (Å²) >= 11 is 0. The van der Waals surface area contributed by atoms with Crippen LogP contribution in [0.3, 0.4) is 0 Å². The van der Waals surface area contributed by atoms with E-state index in [0.29, 0.717) is 13.2 Å². The fourth-order valence-corrected chi connectivity index (χ4v) is 2.79. The van der Waals surface area contributed by atoms with E-state index in [4.69, 9.17) is 4.74 Å². The number of nitrogens with zero attached hydrogens (tertiary/aromatic N) is 1. The first-order valence-electron chi connectivity index (χ1n) is 7.82. The van der Waals surface area contributed by atoms with E-state index in [9.17, 15) is 4.79 Å². The standard InChI is InChI=1S/C19H21NO2/c1-2-15-8-9-18-13-20(11-10-17(18)12-15)19(21)22-14-16-6-4-3-5-7-16/h3-9,12H,2,10-11,13-14H2,1H3. The van der Waals surface area contributed by atoms with Gasteiger partial charge in [0, 0.05) is 13.1 Å². The van der Waals surface area contributed by atoms with Crippen molar-refractivity contribution in [2.24, 2.45) is 0 Å². The molecule has 3 rings (SSSR count). The molecule has 0 saturated carbocycles. The molecule has 0 unspecified atom stereocenters. The largest absolute Gasteiger partial charge is 0.445 e. The summed E-state index contributed by atoms with van der Waals surface area (Å²) in [5.41, 5.74) is 4.98. The summed E-state index contributed by atoms with van der Waals surface area (Å²) in [7, 11) is 0. The number of aryl methyl sites for hydroxylation is 1. The van der Waals surface area contributed by atoms with Crippen molar-refractivity contribution >= 4 is 6.09 Å². The summed E-state index contributed by atoms with van der Waals surface area (Å²) < 4.78 is 5.41. The molecule has 0 saturated heterocycles. The summed E-state index contributed by atoms with van der Waals surface area (Å²) in [6.07, 6.45) is 1.73. The number of rotatable bonds is 3. The van der Waals surface area contributed by atoms with Gasteiger partial charge in [0.15, 0.2) is 0 Å². The number of benzene rings is 2. The van der Waals surface area contributed by atoms with Crippen LogP contribution in [0.4, 0.5) is 4.79 Å². The lowest BCUT2D eigenvalue weighted by Gasteiger charge is -2.28. The topological polar surface area (TPSA) is 29.5 Å². The highest BCUT2D eigenvalue weighted by molar-refractivity contribution is 5.68. The van der Waals surface area contributed by atoms with Crippen molar-refractivity contribution in [1.29, 1.82) is 0 Å². The second-order valence-corrected chi connectivity index (χ2v) is 5.67. The van der Waals surface area contributed by atoms with E-state index in [1.807, 2.05) is 30.3 Å². The minimum absolute atomic E-state index is 0.228. The molecular formula is C19H21NO2. The Morgan fingerprint density at radius 2 is 1.91 bits per heavy atom. The highest BCUT2D eigenvalue weighted by Gasteiger charge is 2.21. The molecule has 1 amide bonds. The number of carbonyl (C=O) groups excluding carboxylic acids is 1. The summed E-state index contributed by atoms with van der Waals surface area (Å²) in [5, 5.41) is 0. The molecule has 0 N–H and O–H groups in total. The first-order chi connectivity index (χ1) is 10.8. The zero-order chi connectivity index (χ0) is 15.4. The van der Waals surface area contributed by atoms with E-state index in [0.717, 1.165) is 24.9 Å². The van der Waals surface area contributed by atoms with E-state index >= 15 is 0 Å². The molecule has 114 valence electrons. The molecule has 2 aromatic rings.